The molecule has 0 spiro atoms. The first-order valence-corrected chi connectivity index (χ1v) is 8.84. The van der Waals surface area contributed by atoms with E-state index in [1.165, 1.54) is 0 Å². The molecule has 4 aromatic rings. The second-order valence-corrected chi connectivity index (χ2v) is 6.54. The molecule has 6 heteroatoms. The van der Waals surface area contributed by atoms with E-state index in [-0.39, 0.29) is 18.4 Å². The number of hydrogen-bond acceptors (Lipinski definition) is 4. The van der Waals surface area contributed by atoms with Crippen molar-refractivity contribution in [1.82, 2.24) is 19.7 Å². The van der Waals surface area contributed by atoms with Gasteiger partial charge in [-0.05, 0) is 17.7 Å². The van der Waals surface area contributed by atoms with Crippen molar-refractivity contribution in [3.8, 4) is 0 Å². The number of rotatable bonds is 5. The molecule has 4 rings (SSSR count). The van der Waals surface area contributed by atoms with Crippen molar-refractivity contribution < 1.29 is 4.79 Å². The number of fused-ring (bicyclic) bond motifs is 1. The lowest BCUT2D eigenvalue weighted by atomic mass is 10.0. The Labute approximate surface area is 149 Å². The number of pyridine rings is 1. The van der Waals surface area contributed by atoms with Crippen LogP contribution < -0.4 is 5.32 Å². The Hall–Kier alpha value is -2.99. The summed E-state index contributed by atoms with van der Waals surface area (Å²) in [5.41, 5.74) is 2.57. The number of thiazole rings is 1. The Bertz CT molecular complexity index is 910. The van der Waals surface area contributed by atoms with Crippen molar-refractivity contribution in [1.29, 1.82) is 0 Å². The molecule has 3 heterocycles. The lowest BCUT2D eigenvalue weighted by Crippen LogP contribution is -2.31. The predicted octanol–water partition coefficient (Wildman–Crippen LogP) is 3.24. The maximum Gasteiger partial charge on any atom is 0.226 e. The minimum Gasteiger partial charge on any atom is -0.343 e. The Balaban J connectivity index is 1.55. The molecule has 1 atom stereocenters. The Morgan fingerprint density at radius 3 is 2.76 bits per heavy atom. The average molecular weight is 348 g/mol. The van der Waals surface area contributed by atoms with Gasteiger partial charge in [0.15, 0.2) is 4.96 Å². The molecule has 0 aliphatic heterocycles. The topological polar surface area (TPSA) is 59.3 Å². The first-order chi connectivity index (χ1) is 12.3. The van der Waals surface area contributed by atoms with Gasteiger partial charge >= 0.3 is 0 Å². The molecule has 1 aromatic carbocycles. The molecule has 25 heavy (non-hydrogen) atoms. The number of carbonyl (C=O) groups is 1. The van der Waals surface area contributed by atoms with Gasteiger partial charge < -0.3 is 5.32 Å². The second-order valence-electron chi connectivity index (χ2n) is 5.67. The fraction of sp³-hybridized carbons (Fsp3) is 0.105. The van der Waals surface area contributed by atoms with Gasteiger partial charge in [-0.15, -0.1) is 11.3 Å². The summed E-state index contributed by atoms with van der Waals surface area (Å²) < 4.78 is 1.93. The lowest BCUT2D eigenvalue weighted by Gasteiger charge is -2.18. The van der Waals surface area contributed by atoms with Crippen molar-refractivity contribution in [2.24, 2.45) is 0 Å². The fourth-order valence-corrected chi connectivity index (χ4v) is 3.48. The standard InChI is InChI=1S/C19H16N4OS/c24-17(12-15-13-23-10-11-25-19(23)21-15)22-18(14-6-2-1-3-7-14)16-8-4-5-9-20-16/h1-11,13,18H,12H2,(H,22,24). The van der Waals surface area contributed by atoms with Crippen molar-refractivity contribution in [3.05, 3.63) is 89.5 Å². The van der Waals surface area contributed by atoms with Crippen LogP contribution in [-0.4, -0.2) is 20.3 Å². The van der Waals surface area contributed by atoms with Gasteiger partial charge in [0, 0.05) is 24.0 Å². The van der Waals surface area contributed by atoms with E-state index in [0.717, 1.165) is 21.9 Å². The van der Waals surface area contributed by atoms with Gasteiger partial charge in [0.1, 0.15) is 0 Å². The maximum atomic E-state index is 12.6. The molecule has 0 radical (unpaired) electrons. The van der Waals surface area contributed by atoms with E-state index >= 15 is 0 Å². The number of nitrogens with one attached hydrogen (secondary N) is 1. The predicted molar refractivity (Wildman–Crippen MR) is 97.4 cm³/mol. The van der Waals surface area contributed by atoms with E-state index in [1.807, 2.05) is 70.7 Å². The van der Waals surface area contributed by atoms with Crippen LogP contribution in [0.4, 0.5) is 0 Å². The number of hydrogen-bond donors (Lipinski definition) is 1. The summed E-state index contributed by atoms with van der Waals surface area (Å²) >= 11 is 1.55. The summed E-state index contributed by atoms with van der Waals surface area (Å²) in [5.74, 6) is -0.0785. The third kappa shape index (κ3) is 3.44. The van der Waals surface area contributed by atoms with Crippen molar-refractivity contribution in [2.45, 2.75) is 12.5 Å². The quantitative estimate of drug-likeness (QED) is 0.602. The molecular formula is C19H16N4OS. The summed E-state index contributed by atoms with van der Waals surface area (Å²) in [7, 11) is 0. The molecule has 0 saturated heterocycles. The zero-order chi connectivity index (χ0) is 17.1. The van der Waals surface area contributed by atoms with Gasteiger partial charge in [0.05, 0.1) is 23.9 Å². The molecule has 0 fully saturated rings. The number of nitrogens with zero attached hydrogens (tertiary/aromatic N) is 3. The van der Waals surface area contributed by atoms with Gasteiger partial charge in [0.25, 0.3) is 0 Å². The van der Waals surface area contributed by atoms with E-state index in [9.17, 15) is 4.79 Å². The molecule has 0 bridgehead atoms. The third-order valence-electron chi connectivity index (χ3n) is 3.91. The SMILES string of the molecule is O=C(Cc1cn2ccsc2n1)NC(c1ccccc1)c1ccccn1. The van der Waals surface area contributed by atoms with Crippen LogP contribution in [0.1, 0.15) is 23.0 Å². The average Bonchev–Trinajstić information content (AvgIpc) is 3.23. The number of amides is 1. The summed E-state index contributed by atoms with van der Waals surface area (Å²) in [5, 5.41) is 5.06. The van der Waals surface area contributed by atoms with Gasteiger partial charge in [-0.25, -0.2) is 4.98 Å². The highest BCUT2D eigenvalue weighted by atomic mass is 32.1. The number of benzene rings is 1. The van der Waals surface area contributed by atoms with Crippen molar-refractivity contribution in [2.75, 3.05) is 0 Å². The van der Waals surface area contributed by atoms with E-state index in [0.29, 0.717) is 0 Å². The normalized spacial score (nSPS) is 12.2. The van der Waals surface area contributed by atoms with Gasteiger partial charge in [-0.2, -0.15) is 0 Å². The van der Waals surface area contributed by atoms with Crippen LogP contribution in [0.3, 0.4) is 0 Å². The molecule has 3 aromatic heterocycles. The Morgan fingerprint density at radius 2 is 2.00 bits per heavy atom. The van der Waals surface area contributed by atoms with Crippen molar-refractivity contribution >= 4 is 22.2 Å². The monoisotopic (exact) mass is 348 g/mol. The molecule has 1 amide bonds. The maximum absolute atomic E-state index is 12.6. The fourth-order valence-electron chi connectivity index (χ4n) is 2.76. The minimum absolute atomic E-state index is 0.0785. The highest BCUT2D eigenvalue weighted by Crippen LogP contribution is 2.20. The molecule has 0 saturated carbocycles. The molecule has 5 nitrogen and oxygen atoms in total. The zero-order valence-corrected chi connectivity index (χ0v) is 14.2. The zero-order valence-electron chi connectivity index (χ0n) is 13.4. The highest BCUT2D eigenvalue weighted by Gasteiger charge is 2.18. The van der Waals surface area contributed by atoms with E-state index in [1.54, 1.807) is 17.5 Å². The first kappa shape index (κ1) is 15.5. The van der Waals surface area contributed by atoms with Crippen LogP contribution in [0.15, 0.2) is 72.5 Å². The first-order valence-electron chi connectivity index (χ1n) is 7.96. The van der Waals surface area contributed by atoms with Gasteiger partial charge in [-0.1, -0.05) is 36.4 Å². The van der Waals surface area contributed by atoms with Crippen LogP contribution in [0, 0.1) is 0 Å². The summed E-state index contributed by atoms with van der Waals surface area (Å²) in [4.78, 5) is 22.4. The van der Waals surface area contributed by atoms with Crippen LogP contribution in [0.5, 0.6) is 0 Å². The number of aromatic nitrogens is 3. The second kappa shape index (κ2) is 6.86. The smallest absolute Gasteiger partial charge is 0.226 e. The van der Waals surface area contributed by atoms with Crippen LogP contribution in [-0.2, 0) is 11.2 Å². The number of imidazole rings is 1. The van der Waals surface area contributed by atoms with E-state index in [4.69, 9.17) is 0 Å². The summed E-state index contributed by atoms with van der Waals surface area (Å²) in [6.07, 6.45) is 5.81. The lowest BCUT2D eigenvalue weighted by molar-refractivity contribution is -0.121. The molecule has 0 aliphatic rings. The number of carbonyl (C=O) groups excluding carboxylic acids is 1. The van der Waals surface area contributed by atoms with Crippen LogP contribution >= 0.6 is 11.3 Å². The van der Waals surface area contributed by atoms with Crippen molar-refractivity contribution in [3.63, 3.8) is 0 Å². The molecule has 1 N–H and O–H groups in total. The highest BCUT2D eigenvalue weighted by molar-refractivity contribution is 7.15. The summed E-state index contributed by atoms with van der Waals surface area (Å²) in [6, 6.07) is 15.3. The van der Waals surface area contributed by atoms with Gasteiger partial charge in [-0.3, -0.25) is 14.2 Å². The van der Waals surface area contributed by atoms with Crippen LogP contribution in [0.25, 0.3) is 4.96 Å². The minimum atomic E-state index is -0.279. The largest absolute Gasteiger partial charge is 0.343 e. The Morgan fingerprint density at radius 1 is 1.16 bits per heavy atom. The third-order valence-corrected chi connectivity index (χ3v) is 4.68. The summed E-state index contributed by atoms with van der Waals surface area (Å²) in [6.45, 7) is 0. The van der Waals surface area contributed by atoms with Gasteiger partial charge in [0.2, 0.25) is 5.91 Å². The van der Waals surface area contributed by atoms with E-state index in [2.05, 4.69) is 15.3 Å². The van der Waals surface area contributed by atoms with E-state index < -0.39 is 0 Å². The molecular weight excluding hydrogens is 332 g/mol. The Kier molecular flexibility index (Phi) is 4.26. The molecule has 0 aliphatic carbocycles. The van der Waals surface area contributed by atoms with Crippen LogP contribution in [0.2, 0.25) is 0 Å². The molecule has 1 unspecified atom stereocenters. The molecule has 124 valence electrons.